The molecule has 118 valence electrons. The van der Waals surface area contributed by atoms with Gasteiger partial charge < -0.3 is 4.57 Å². The molecule has 1 aliphatic heterocycles. The molecule has 2 aliphatic rings. The van der Waals surface area contributed by atoms with Crippen molar-refractivity contribution in [2.24, 2.45) is 5.92 Å². The van der Waals surface area contributed by atoms with Crippen LogP contribution in [0.2, 0.25) is 0 Å². The molecule has 2 aromatic rings. The Morgan fingerprint density at radius 1 is 1.00 bits per heavy atom. The van der Waals surface area contributed by atoms with Crippen molar-refractivity contribution in [1.29, 1.82) is 0 Å². The summed E-state index contributed by atoms with van der Waals surface area (Å²) in [6, 6.07) is 20.6. The Morgan fingerprint density at radius 3 is 2.26 bits per heavy atom. The van der Waals surface area contributed by atoms with Crippen LogP contribution in [0.1, 0.15) is 38.7 Å². The Labute approximate surface area is 138 Å². The second-order valence-electron chi connectivity index (χ2n) is 7.14. The molecular formula is C21H23OP. The van der Waals surface area contributed by atoms with Gasteiger partial charge in [-0.2, -0.15) is 0 Å². The minimum atomic E-state index is -2.65. The van der Waals surface area contributed by atoms with E-state index in [0.29, 0.717) is 5.92 Å². The van der Waals surface area contributed by atoms with E-state index in [1.54, 1.807) is 0 Å². The lowest BCUT2D eigenvalue weighted by Crippen LogP contribution is -2.29. The highest BCUT2D eigenvalue weighted by atomic mass is 31.2. The number of hydrogen-bond donors (Lipinski definition) is 0. The molecule has 1 aliphatic carbocycles. The zero-order valence-electron chi connectivity index (χ0n) is 13.8. The number of benzene rings is 2. The van der Waals surface area contributed by atoms with Crippen molar-refractivity contribution in [2.75, 3.05) is 0 Å². The molecule has 0 amide bonds. The van der Waals surface area contributed by atoms with Crippen LogP contribution < -0.4 is 5.30 Å². The molecule has 4 rings (SSSR count). The predicted molar refractivity (Wildman–Crippen MR) is 98.5 cm³/mol. The molecule has 1 saturated carbocycles. The largest absolute Gasteiger partial charge is 0.313 e. The zero-order chi connectivity index (χ0) is 16.1. The molecule has 0 spiro atoms. The third-order valence-corrected chi connectivity index (χ3v) is 10.3. The van der Waals surface area contributed by atoms with Crippen LogP contribution in [0.25, 0.3) is 5.31 Å². The SMILES string of the molecule is CC1=C(c2ccccc2)P(=O)(c2ccccc2)C2(C)CCCC12. The molecule has 0 saturated heterocycles. The molecule has 2 aromatic carbocycles. The fourth-order valence-electron chi connectivity index (χ4n) is 4.95. The van der Waals surface area contributed by atoms with Crippen LogP contribution in [0.15, 0.2) is 66.2 Å². The van der Waals surface area contributed by atoms with E-state index in [0.717, 1.165) is 22.6 Å². The lowest BCUT2D eigenvalue weighted by molar-refractivity contribution is 0.494. The van der Waals surface area contributed by atoms with Crippen LogP contribution in [0.4, 0.5) is 0 Å². The first kappa shape index (κ1) is 15.0. The number of rotatable bonds is 2. The number of fused-ring (bicyclic) bond motifs is 1. The fourth-order valence-corrected chi connectivity index (χ4v) is 9.30. The highest BCUT2D eigenvalue weighted by Gasteiger charge is 2.60. The van der Waals surface area contributed by atoms with E-state index < -0.39 is 7.14 Å². The summed E-state index contributed by atoms with van der Waals surface area (Å²) in [5, 5.41) is 2.06. The van der Waals surface area contributed by atoms with Crippen molar-refractivity contribution >= 4 is 17.8 Å². The number of hydrogen-bond acceptors (Lipinski definition) is 1. The number of allylic oxidation sites excluding steroid dienone is 1. The maximum Gasteiger partial charge on any atom is 0.149 e. The zero-order valence-corrected chi connectivity index (χ0v) is 14.7. The molecule has 0 N–H and O–H groups in total. The molecule has 0 aromatic heterocycles. The lowest BCUT2D eigenvalue weighted by atomic mass is 9.89. The van der Waals surface area contributed by atoms with Crippen molar-refractivity contribution in [3.05, 3.63) is 71.8 Å². The van der Waals surface area contributed by atoms with Gasteiger partial charge >= 0.3 is 0 Å². The van der Waals surface area contributed by atoms with E-state index in [2.05, 4.69) is 50.2 Å². The first-order chi connectivity index (χ1) is 11.1. The third kappa shape index (κ3) is 1.90. The maximum atomic E-state index is 14.6. The Kier molecular flexibility index (Phi) is 3.39. The Balaban J connectivity index is 2.02. The van der Waals surface area contributed by atoms with Gasteiger partial charge in [-0.1, -0.05) is 79.6 Å². The first-order valence-corrected chi connectivity index (χ1v) is 10.2. The minimum Gasteiger partial charge on any atom is -0.313 e. The van der Waals surface area contributed by atoms with Crippen LogP contribution in [0.5, 0.6) is 0 Å². The van der Waals surface area contributed by atoms with Gasteiger partial charge in [0.05, 0.1) is 0 Å². The van der Waals surface area contributed by atoms with E-state index in [1.165, 1.54) is 18.4 Å². The summed E-state index contributed by atoms with van der Waals surface area (Å²) in [6.45, 7) is 4.50. The van der Waals surface area contributed by atoms with Gasteiger partial charge in [-0.3, -0.25) is 0 Å². The Bertz CT molecular complexity index is 806. The summed E-state index contributed by atoms with van der Waals surface area (Å²) in [5.41, 5.74) is 2.51. The van der Waals surface area contributed by atoms with E-state index in [-0.39, 0.29) is 5.16 Å². The molecule has 2 heteroatoms. The van der Waals surface area contributed by atoms with Gasteiger partial charge in [0.2, 0.25) is 0 Å². The summed E-state index contributed by atoms with van der Waals surface area (Å²) < 4.78 is 14.6. The molecule has 0 radical (unpaired) electrons. The maximum absolute atomic E-state index is 14.6. The second kappa shape index (κ2) is 5.21. The molecule has 1 heterocycles. The molecule has 3 atom stereocenters. The summed E-state index contributed by atoms with van der Waals surface area (Å²) in [5.74, 6) is 0.462. The highest BCUT2D eigenvalue weighted by Crippen LogP contribution is 2.79. The van der Waals surface area contributed by atoms with Gasteiger partial charge in [-0.25, -0.2) is 0 Å². The van der Waals surface area contributed by atoms with Gasteiger partial charge in [-0.05, 0) is 31.2 Å². The average Bonchev–Trinajstić information content (AvgIpc) is 3.06. The highest BCUT2D eigenvalue weighted by molar-refractivity contribution is 7.83. The molecule has 3 unspecified atom stereocenters. The smallest absolute Gasteiger partial charge is 0.149 e. The van der Waals surface area contributed by atoms with Crippen LogP contribution in [0, 0.1) is 5.92 Å². The van der Waals surface area contributed by atoms with Gasteiger partial charge in [0.1, 0.15) is 7.14 Å². The Hall–Kier alpha value is -1.59. The quantitative estimate of drug-likeness (QED) is 0.650. The summed E-state index contributed by atoms with van der Waals surface area (Å²) in [4.78, 5) is 0. The van der Waals surface area contributed by atoms with Gasteiger partial charge in [0.15, 0.2) is 0 Å². The minimum absolute atomic E-state index is 0.108. The van der Waals surface area contributed by atoms with Gasteiger partial charge in [0.25, 0.3) is 0 Å². The van der Waals surface area contributed by atoms with Crippen molar-refractivity contribution in [2.45, 2.75) is 38.3 Å². The molecule has 0 bridgehead atoms. The van der Waals surface area contributed by atoms with Gasteiger partial charge in [-0.15, -0.1) is 0 Å². The standard InChI is InChI=1S/C21H23OP/c1-16-19-14-9-15-21(19,2)23(22,18-12-7-4-8-13-18)20(16)17-10-5-3-6-11-17/h3-8,10-13,19H,9,14-15H2,1-2H3. The normalized spacial score (nSPS) is 33.0. The summed E-state index contributed by atoms with van der Waals surface area (Å²) >= 11 is 0. The average molecular weight is 322 g/mol. The topological polar surface area (TPSA) is 17.1 Å². The van der Waals surface area contributed by atoms with Crippen molar-refractivity contribution < 1.29 is 4.57 Å². The second-order valence-corrected chi connectivity index (χ2v) is 10.3. The van der Waals surface area contributed by atoms with E-state index >= 15 is 0 Å². The molecule has 1 nitrogen and oxygen atoms in total. The van der Waals surface area contributed by atoms with Crippen LogP contribution in [0.3, 0.4) is 0 Å². The van der Waals surface area contributed by atoms with Crippen molar-refractivity contribution in [3.8, 4) is 0 Å². The lowest BCUT2D eigenvalue weighted by Gasteiger charge is -2.34. The molecular weight excluding hydrogens is 299 g/mol. The van der Waals surface area contributed by atoms with E-state index in [1.807, 2.05) is 24.3 Å². The fraction of sp³-hybridized carbons (Fsp3) is 0.333. The third-order valence-electron chi connectivity index (χ3n) is 6.02. The summed E-state index contributed by atoms with van der Waals surface area (Å²) in [6.07, 6.45) is 3.43. The van der Waals surface area contributed by atoms with Crippen LogP contribution in [-0.2, 0) is 4.57 Å². The summed E-state index contributed by atoms with van der Waals surface area (Å²) in [7, 11) is -2.65. The van der Waals surface area contributed by atoms with Gasteiger partial charge in [0, 0.05) is 15.8 Å². The van der Waals surface area contributed by atoms with E-state index in [4.69, 9.17) is 0 Å². The van der Waals surface area contributed by atoms with Crippen molar-refractivity contribution in [3.63, 3.8) is 0 Å². The monoisotopic (exact) mass is 322 g/mol. The van der Waals surface area contributed by atoms with Crippen molar-refractivity contribution in [1.82, 2.24) is 0 Å². The molecule has 1 fully saturated rings. The predicted octanol–water partition coefficient (Wildman–Crippen LogP) is 5.68. The van der Waals surface area contributed by atoms with E-state index in [9.17, 15) is 4.57 Å². The first-order valence-electron chi connectivity index (χ1n) is 8.51. The van der Waals surface area contributed by atoms with Crippen LogP contribution >= 0.6 is 7.14 Å². The Morgan fingerprint density at radius 2 is 1.61 bits per heavy atom. The molecule has 23 heavy (non-hydrogen) atoms. The van der Waals surface area contributed by atoms with Crippen LogP contribution in [-0.4, -0.2) is 5.16 Å².